The molecule has 0 unspecified atom stereocenters. The van der Waals surface area contributed by atoms with Gasteiger partial charge < -0.3 is 16.0 Å². The average Bonchev–Trinajstić information content (AvgIpc) is 3.20. The number of hydrogen-bond acceptors (Lipinski definition) is 4. The number of carbonyl (C=O) groups excluding carboxylic acids is 1. The Morgan fingerprint density at radius 3 is 2.50 bits per heavy atom. The van der Waals surface area contributed by atoms with Crippen LogP contribution in [0.4, 0.5) is 15.8 Å². The standard InChI is InChI=1S/C19H16BrFN4OS2/c20-13-2-1-12(16(21)9-13)7-8-22-19(27)25-15-5-3-14(4-6-15)24-18(26)17-10-28-11-23-17/h1-6,9-11H,7-8H2,(H,24,26)(H2,22,25,27). The van der Waals surface area contributed by atoms with Crippen molar-refractivity contribution in [3.63, 3.8) is 0 Å². The first kappa shape index (κ1) is 20.4. The van der Waals surface area contributed by atoms with Crippen molar-refractivity contribution in [1.29, 1.82) is 0 Å². The van der Waals surface area contributed by atoms with Crippen LogP contribution in [0.1, 0.15) is 16.1 Å². The zero-order valence-electron chi connectivity index (χ0n) is 14.5. The fourth-order valence-corrected chi connectivity index (χ4v) is 3.45. The van der Waals surface area contributed by atoms with Crippen LogP contribution in [-0.4, -0.2) is 22.5 Å². The number of aromatic nitrogens is 1. The summed E-state index contributed by atoms with van der Waals surface area (Å²) in [6.07, 6.45) is 0.516. The van der Waals surface area contributed by atoms with Crippen molar-refractivity contribution in [2.24, 2.45) is 0 Å². The SMILES string of the molecule is O=C(Nc1ccc(NC(=S)NCCc2ccc(Br)cc2F)cc1)c1cscn1. The fraction of sp³-hybridized carbons (Fsp3) is 0.105. The van der Waals surface area contributed by atoms with E-state index in [-0.39, 0.29) is 11.7 Å². The molecule has 1 amide bonds. The van der Waals surface area contributed by atoms with E-state index < -0.39 is 0 Å². The molecule has 0 aliphatic rings. The van der Waals surface area contributed by atoms with Crippen LogP contribution in [0.3, 0.4) is 0 Å². The van der Waals surface area contributed by atoms with Crippen molar-refractivity contribution in [3.05, 3.63) is 74.9 Å². The largest absolute Gasteiger partial charge is 0.362 e. The monoisotopic (exact) mass is 478 g/mol. The van der Waals surface area contributed by atoms with E-state index in [1.807, 2.05) is 6.07 Å². The Bertz CT molecular complexity index is 965. The number of nitrogens with one attached hydrogen (secondary N) is 3. The average molecular weight is 479 g/mol. The summed E-state index contributed by atoms with van der Waals surface area (Å²) in [5, 5.41) is 11.0. The number of benzene rings is 2. The molecular weight excluding hydrogens is 463 g/mol. The van der Waals surface area contributed by atoms with Crippen LogP contribution in [0.2, 0.25) is 0 Å². The van der Waals surface area contributed by atoms with Gasteiger partial charge in [0.25, 0.3) is 5.91 Å². The first-order valence-electron chi connectivity index (χ1n) is 8.29. The Morgan fingerprint density at radius 1 is 1.14 bits per heavy atom. The van der Waals surface area contributed by atoms with Gasteiger partial charge in [0.15, 0.2) is 5.11 Å². The lowest BCUT2D eigenvalue weighted by molar-refractivity contribution is 0.102. The third kappa shape index (κ3) is 5.82. The maximum Gasteiger partial charge on any atom is 0.275 e. The van der Waals surface area contributed by atoms with Crippen molar-refractivity contribution in [1.82, 2.24) is 10.3 Å². The summed E-state index contributed by atoms with van der Waals surface area (Å²) in [5.41, 5.74) is 4.06. The number of rotatable bonds is 6. The Morgan fingerprint density at radius 2 is 1.86 bits per heavy atom. The molecular formula is C19H16BrFN4OS2. The van der Waals surface area contributed by atoms with Gasteiger partial charge in [-0.15, -0.1) is 11.3 Å². The molecule has 0 aliphatic carbocycles. The lowest BCUT2D eigenvalue weighted by atomic mass is 10.1. The van der Waals surface area contributed by atoms with Gasteiger partial charge in [-0.2, -0.15) is 0 Å². The van der Waals surface area contributed by atoms with Gasteiger partial charge in [-0.25, -0.2) is 9.37 Å². The highest BCUT2D eigenvalue weighted by atomic mass is 79.9. The van der Waals surface area contributed by atoms with Gasteiger partial charge in [0.2, 0.25) is 0 Å². The number of nitrogens with zero attached hydrogens (tertiary/aromatic N) is 1. The van der Waals surface area contributed by atoms with Crippen LogP contribution < -0.4 is 16.0 Å². The van der Waals surface area contributed by atoms with Gasteiger partial charge in [0, 0.05) is 27.8 Å². The molecule has 3 aromatic rings. The molecule has 0 bridgehead atoms. The van der Waals surface area contributed by atoms with Gasteiger partial charge in [0.1, 0.15) is 11.5 Å². The quantitative estimate of drug-likeness (QED) is 0.443. The van der Waals surface area contributed by atoms with Crippen molar-refractivity contribution in [2.75, 3.05) is 17.2 Å². The lowest BCUT2D eigenvalue weighted by Crippen LogP contribution is -2.30. The van der Waals surface area contributed by atoms with Gasteiger partial charge in [-0.3, -0.25) is 4.79 Å². The molecule has 0 saturated carbocycles. The summed E-state index contributed by atoms with van der Waals surface area (Å²) in [5.74, 6) is -0.496. The van der Waals surface area contributed by atoms with Gasteiger partial charge in [-0.05, 0) is 60.6 Å². The number of hydrogen-bond donors (Lipinski definition) is 3. The van der Waals surface area contributed by atoms with E-state index in [0.717, 1.165) is 5.69 Å². The number of anilines is 2. The second kappa shape index (κ2) is 9.72. The van der Waals surface area contributed by atoms with Crippen molar-refractivity contribution < 1.29 is 9.18 Å². The molecule has 1 aromatic heterocycles. The van der Waals surface area contributed by atoms with Crippen molar-refractivity contribution >= 4 is 61.9 Å². The smallest absolute Gasteiger partial charge is 0.275 e. The van der Waals surface area contributed by atoms with E-state index in [4.69, 9.17) is 12.2 Å². The molecule has 0 fully saturated rings. The number of thiazole rings is 1. The van der Waals surface area contributed by atoms with Gasteiger partial charge in [-0.1, -0.05) is 22.0 Å². The summed E-state index contributed by atoms with van der Waals surface area (Å²) in [7, 11) is 0. The molecule has 3 rings (SSSR count). The summed E-state index contributed by atoms with van der Waals surface area (Å²) in [6.45, 7) is 0.506. The zero-order valence-corrected chi connectivity index (χ0v) is 17.8. The van der Waals surface area contributed by atoms with Crippen LogP contribution in [0, 0.1) is 5.82 Å². The highest BCUT2D eigenvalue weighted by Gasteiger charge is 2.08. The van der Waals surface area contributed by atoms with E-state index >= 15 is 0 Å². The van der Waals surface area contributed by atoms with Crippen LogP contribution >= 0.6 is 39.5 Å². The highest BCUT2D eigenvalue weighted by molar-refractivity contribution is 9.10. The lowest BCUT2D eigenvalue weighted by Gasteiger charge is -2.11. The number of amides is 1. The topological polar surface area (TPSA) is 66.1 Å². The Balaban J connectivity index is 1.45. The number of thiocarbonyl (C=S) groups is 1. The summed E-state index contributed by atoms with van der Waals surface area (Å²) in [4.78, 5) is 15.9. The molecule has 1 heterocycles. The first-order valence-corrected chi connectivity index (χ1v) is 10.4. The predicted molar refractivity (Wildman–Crippen MR) is 119 cm³/mol. The number of carbonyl (C=O) groups is 1. The molecule has 2 aromatic carbocycles. The van der Waals surface area contributed by atoms with Crippen LogP contribution in [0.25, 0.3) is 0 Å². The van der Waals surface area contributed by atoms with Crippen LogP contribution in [0.5, 0.6) is 0 Å². The minimum atomic E-state index is -0.251. The van der Waals surface area contributed by atoms with Gasteiger partial charge >= 0.3 is 0 Å². The maximum atomic E-state index is 13.8. The van der Waals surface area contributed by atoms with E-state index in [1.54, 1.807) is 41.2 Å². The van der Waals surface area contributed by atoms with Crippen LogP contribution in [0.15, 0.2) is 57.8 Å². The Labute approximate surface area is 179 Å². The zero-order chi connectivity index (χ0) is 19.9. The first-order chi connectivity index (χ1) is 13.5. The molecule has 0 radical (unpaired) electrons. The molecule has 5 nitrogen and oxygen atoms in total. The summed E-state index contributed by atoms with van der Waals surface area (Å²) >= 11 is 9.87. The minimum Gasteiger partial charge on any atom is -0.362 e. The van der Waals surface area contributed by atoms with E-state index in [0.29, 0.717) is 39.5 Å². The second-order valence-electron chi connectivity index (χ2n) is 5.77. The normalized spacial score (nSPS) is 10.4. The number of halogens is 2. The minimum absolute atomic E-state index is 0.245. The van der Waals surface area contributed by atoms with Crippen LogP contribution in [-0.2, 0) is 6.42 Å². The Hall–Kier alpha value is -2.36. The maximum absolute atomic E-state index is 13.8. The van der Waals surface area contributed by atoms with E-state index in [9.17, 15) is 9.18 Å². The highest BCUT2D eigenvalue weighted by Crippen LogP contribution is 2.16. The molecule has 0 spiro atoms. The molecule has 0 saturated heterocycles. The predicted octanol–water partition coefficient (Wildman–Crippen LogP) is 4.83. The molecule has 0 aliphatic heterocycles. The molecule has 144 valence electrons. The second-order valence-corrected chi connectivity index (χ2v) is 7.81. The van der Waals surface area contributed by atoms with Gasteiger partial charge in [0.05, 0.1) is 5.51 Å². The van der Waals surface area contributed by atoms with Crippen molar-refractivity contribution in [2.45, 2.75) is 6.42 Å². The summed E-state index contributed by atoms with van der Waals surface area (Å²) in [6, 6.07) is 12.2. The Kier molecular flexibility index (Phi) is 7.07. The van der Waals surface area contributed by atoms with E-state index in [1.165, 1.54) is 17.4 Å². The van der Waals surface area contributed by atoms with Crippen molar-refractivity contribution in [3.8, 4) is 0 Å². The molecule has 9 heteroatoms. The van der Waals surface area contributed by atoms with E-state index in [2.05, 4.69) is 36.9 Å². The third-order valence-corrected chi connectivity index (χ3v) is 5.09. The third-order valence-electron chi connectivity index (χ3n) is 3.76. The fourth-order valence-electron chi connectivity index (χ4n) is 2.37. The summed E-state index contributed by atoms with van der Waals surface area (Å²) < 4.78 is 14.5. The molecule has 0 atom stereocenters. The molecule has 3 N–H and O–H groups in total. The molecule has 28 heavy (non-hydrogen) atoms.